The van der Waals surface area contributed by atoms with E-state index in [1.807, 2.05) is 24.3 Å². The molecule has 2 N–H and O–H groups in total. The molecule has 0 saturated heterocycles. The van der Waals surface area contributed by atoms with Gasteiger partial charge in [-0.2, -0.15) is 0 Å². The topological polar surface area (TPSA) is 60.8 Å². The predicted molar refractivity (Wildman–Crippen MR) is 138 cm³/mol. The van der Waals surface area contributed by atoms with Crippen LogP contribution in [0.15, 0.2) is 66.7 Å². The number of rotatable bonds is 6. The van der Waals surface area contributed by atoms with Crippen LogP contribution >= 0.6 is 0 Å². The van der Waals surface area contributed by atoms with Crippen LogP contribution in [0.3, 0.4) is 0 Å². The Morgan fingerprint density at radius 3 is 2.47 bits per heavy atom. The summed E-state index contributed by atoms with van der Waals surface area (Å²) >= 11 is 0. The van der Waals surface area contributed by atoms with Gasteiger partial charge in [0.05, 0.1) is 5.54 Å². The number of aliphatic carboxylic acids is 1. The number of carboxylic acid groups (broad SMARTS) is 1. The van der Waals surface area contributed by atoms with Crippen LogP contribution in [0.5, 0.6) is 5.75 Å². The standard InChI is InChI=1S/C30H33NO3/c1-20(2)17-23-8-11-26(18-21(23)3)31-16-15-24-19-27(32)12-13-28(24)30(31,4)25-9-5-22(6-10-25)7-14-29(33)34/h5-14,18-20,32H,15-17H2,1-4H3,(H,33,34). The van der Waals surface area contributed by atoms with Crippen molar-refractivity contribution < 1.29 is 15.0 Å². The van der Waals surface area contributed by atoms with Crippen LogP contribution in [0.2, 0.25) is 0 Å². The highest BCUT2D eigenvalue weighted by molar-refractivity contribution is 5.85. The first-order chi connectivity index (χ1) is 16.2. The maximum absolute atomic E-state index is 10.9. The van der Waals surface area contributed by atoms with Gasteiger partial charge < -0.3 is 15.1 Å². The highest BCUT2D eigenvalue weighted by Gasteiger charge is 2.40. The summed E-state index contributed by atoms with van der Waals surface area (Å²) in [5, 5.41) is 19.1. The van der Waals surface area contributed by atoms with Gasteiger partial charge in [-0.25, -0.2) is 4.79 Å². The second kappa shape index (κ2) is 9.38. The maximum atomic E-state index is 10.9. The van der Waals surface area contributed by atoms with E-state index in [9.17, 15) is 9.90 Å². The Labute approximate surface area is 202 Å². The number of anilines is 1. The van der Waals surface area contributed by atoms with Gasteiger partial charge in [0.25, 0.3) is 0 Å². The van der Waals surface area contributed by atoms with Crippen molar-refractivity contribution in [1.82, 2.24) is 0 Å². The zero-order chi connectivity index (χ0) is 24.5. The van der Waals surface area contributed by atoms with Gasteiger partial charge in [0, 0.05) is 18.3 Å². The number of aromatic hydroxyl groups is 1. The third kappa shape index (κ3) is 4.58. The molecule has 0 radical (unpaired) electrons. The van der Waals surface area contributed by atoms with E-state index in [0.717, 1.165) is 42.2 Å². The second-order valence-corrected chi connectivity index (χ2v) is 9.82. The van der Waals surface area contributed by atoms with E-state index >= 15 is 0 Å². The number of nitrogens with zero attached hydrogens (tertiary/aromatic N) is 1. The lowest BCUT2D eigenvalue weighted by Crippen LogP contribution is -2.49. The Balaban J connectivity index is 1.81. The zero-order valence-electron chi connectivity index (χ0n) is 20.4. The average Bonchev–Trinajstić information content (AvgIpc) is 2.79. The van der Waals surface area contributed by atoms with Gasteiger partial charge in [-0.05, 0) is 96.3 Å². The minimum absolute atomic E-state index is 0.289. The first kappa shape index (κ1) is 23.6. The van der Waals surface area contributed by atoms with Crippen molar-refractivity contribution >= 4 is 17.7 Å². The van der Waals surface area contributed by atoms with E-state index in [-0.39, 0.29) is 5.75 Å². The molecule has 0 saturated carbocycles. The molecule has 1 unspecified atom stereocenters. The third-order valence-electron chi connectivity index (χ3n) is 6.92. The molecule has 0 aromatic heterocycles. The molecule has 1 atom stereocenters. The number of phenols is 1. The van der Waals surface area contributed by atoms with Crippen molar-refractivity contribution in [3.05, 3.63) is 100 Å². The Morgan fingerprint density at radius 1 is 1.09 bits per heavy atom. The van der Waals surface area contributed by atoms with Crippen LogP contribution in [0.25, 0.3) is 6.08 Å². The summed E-state index contributed by atoms with van der Waals surface area (Å²) in [5.74, 6) is -0.0600. The normalized spacial score (nSPS) is 17.9. The summed E-state index contributed by atoms with van der Waals surface area (Å²) in [7, 11) is 0. The monoisotopic (exact) mass is 455 g/mol. The largest absolute Gasteiger partial charge is 0.508 e. The number of carboxylic acids is 1. The van der Waals surface area contributed by atoms with Crippen molar-refractivity contribution in [3.8, 4) is 5.75 Å². The number of hydrogen-bond donors (Lipinski definition) is 2. The fourth-order valence-electron chi connectivity index (χ4n) is 5.16. The lowest BCUT2D eigenvalue weighted by atomic mass is 9.76. The molecule has 1 aliphatic rings. The molecule has 4 heteroatoms. The molecule has 3 aromatic rings. The number of phenolic OH excluding ortho intramolecular Hbond substituents is 1. The molecule has 0 bridgehead atoms. The molecule has 0 amide bonds. The van der Waals surface area contributed by atoms with Crippen molar-refractivity contribution in [2.45, 2.75) is 46.1 Å². The molecule has 0 spiro atoms. The van der Waals surface area contributed by atoms with Gasteiger partial charge in [-0.15, -0.1) is 0 Å². The minimum atomic E-state index is -0.959. The SMILES string of the molecule is Cc1cc(N2CCc3cc(O)ccc3C2(C)c2ccc(C=CC(=O)O)cc2)ccc1CC(C)C. The molecule has 3 aromatic carbocycles. The highest BCUT2D eigenvalue weighted by atomic mass is 16.4. The third-order valence-corrected chi connectivity index (χ3v) is 6.92. The summed E-state index contributed by atoms with van der Waals surface area (Å²) in [5.41, 5.74) is 7.73. The predicted octanol–water partition coefficient (Wildman–Crippen LogP) is 6.32. The van der Waals surface area contributed by atoms with Crippen LogP contribution in [0, 0.1) is 12.8 Å². The summed E-state index contributed by atoms with van der Waals surface area (Å²) in [6.07, 6.45) is 4.68. The number of hydrogen-bond acceptors (Lipinski definition) is 3. The Morgan fingerprint density at radius 2 is 1.82 bits per heavy atom. The Kier molecular flexibility index (Phi) is 6.52. The van der Waals surface area contributed by atoms with Crippen molar-refractivity contribution in [1.29, 1.82) is 0 Å². The summed E-state index contributed by atoms with van der Waals surface area (Å²) < 4.78 is 0. The average molecular weight is 456 g/mol. The van der Waals surface area contributed by atoms with E-state index in [1.54, 1.807) is 12.1 Å². The summed E-state index contributed by atoms with van der Waals surface area (Å²) in [4.78, 5) is 13.4. The summed E-state index contributed by atoms with van der Waals surface area (Å²) in [6.45, 7) is 9.75. The Bertz CT molecular complexity index is 1230. The molecule has 0 fully saturated rings. The van der Waals surface area contributed by atoms with E-state index < -0.39 is 11.5 Å². The van der Waals surface area contributed by atoms with Gasteiger partial charge in [-0.1, -0.05) is 50.2 Å². The molecule has 176 valence electrons. The van der Waals surface area contributed by atoms with E-state index in [2.05, 4.69) is 62.9 Å². The molecule has 34 heavy (non-hydrogen) atoms. The number of fused-ring (bicyclic) bond motifs is 1. The van der Waals surface area contributed by atoms with Crippen molar-refractivity contribution in [2.24, 2.45) is 5.92 Å². The quantitative estimate of drug-likeness (QED) is 0.427. The summed E-state index contributed by atoms with van der Waals surface area (Å²) in [6, 6.07) is 20.6. The van der Waals surface area contributed by atoms with E-state index in [0.29, 0.717) is 5.92 Å². The molecule has 1 aliphatic heterocycles. The Hall–Kier alpha value is -3.53. The molecular formula is C30H33NO3. The van der Waals surface area contributed by atoms with E-state index in [4.69, 9.17) is 5.11 Å². The van der Waals surface area contributed by atoms with Crippen LogP contribution < -0.4 is 4.90 Å². The van der Waals surface area contributed by atoms with Gasteiger partial charge in [0.1, 0.15) is 5.75 Å². The van der Waals surface area contributed by atoms with Crippen LogP contribution in [-0.2, 0) is 23.2 Å². The molecular weight excluding hydrogens is 422 g/mol. The van der Waals surface area contributed by atoms with Crippen LogP contribution in [-0.4, -0.2) is 22.7 Å². The van der Waals surface area contributed by atoms with Gasteiger partial charge in [0.2, 0.25) is 0 Å². The van der Waals surface area contributed by atoms with E-state index in [1.165, 1.54) is 22.4 Å². The number of aryl methyl sites for hydroxylation is 1. The molecule has 0 aliphatic carbocycles. The second-order valence-electron chi connectivity index (χ2n) is 9.82. The smallest absolute Gasteiger partial charge is 0.328 e. The van der Waals surface area contributed by atoms with Gasteiger partial charge in [0.15, 0.2) is 0 Å². The number of carbonyl (C=O) groups is 1. The molecule has 4 rings (SSSR count). The zero-order valence-corrected chi connectivity index (χ0v) is 20.4. The minimum Gasteiger partial charge on any atom is -0.508 e. The first-order valence-corrected chi connectivity index (χ1v) is 11.9. The highest BCUT2D eigenvalue weighted by Crippen LogP contribution is 2.44. The fraction of sp³-hybridized carbons (Fsp3) is 0.300. The molecule has 4 nitrogen and oxygen atoms in total. The maximum Gasteiger partial charge on any atom is 0.328 e. The van der Waals surface area contributed by atoms with Crippen LogP contribution in [0.1, 0.15) is 54.2 Å². The van der Waals surface area contributed by atoms with Gasteiger partial charge in [-0.3, -0.25) is 0 Å². The first-order valence-electron chi connectivity index (χ1n) is 11.9. The molecule has 1 heterocycles. The van der Waals surface area contributed by atoms with Crippen molar-refractivity contribution in [2.75, 3.05) is 11.4 Å². The van der Waals surface area contributed by atoms with Gasteiger partial charge >= 0.3 is 5.97 Å². The lowest BCUT2D eigenvalue weighted by Gasteiger charge is -2.48. The van der Waals surface area contributed by atoms with Crippen molar-refractivity contribution in [3.63, 3.8) is 0 Å². The number of benzene rings is 3. The van der Waals surface area contributed by atoms with Crippen LogP contribution in [0.4, 0.5) is 5.69 Å². The fourth-order valence-corrected chi connectivity index (χ4v) is 5.16. The lowest BCUT2D eigenvalue weighted by molar-refractivity contribution is -0.131.